The van der Waals surface area contributed by atoms with Crippen LogP contribution in [0.3, 0.4) is 0 Å². The summed E-state index contributed by atoms with van der Waals surface area (Å²) < 4.78 is 38.7. The van der Waals surface area contributed by atoms with Gasteiger partial charge in [0.1, 0.15) is 5.82 Å². The molecule has 0 saturated carbocycles. The molecule has 2 heterocycles. The molecule has 2 aromatic rings. The molecule has 0 unspecified atom stereocenters. The van der Waals surface area contributed by atoms with Crippen molar-refractivity contribution in [3.8, 4) is 0 Å². The molecule has 0 aromatic carbocycles. The van der Waals surface area contributed by atoms with E-state index in [0.29, 0.717) is 16.9 Å². The standard InChI is InChI=1S/C11H12F3N5S/c1-2-6-20-7-5-15-8-3-4-9-16-17-10(11(12,13)14)19(9)18-8/h2-4H,1,5-7H2,(H,15,18). The number of anilines is 1. The molecule has 2 rings (SSSR count). The molecule has 20 heavy (non-hydrogen) atoms. The van der Waals surface area contributed by atoms with Crippen LogP contribution < -0.4 is 5.32 Å². The first-order chi connectivity index (χ1) is 9.52. The van der Waals surface area contributed by atoms with Crippen LogP contribution in [0.25, 0.3) is 5.65 Å². The smallest absolute Gasteiger partial charge is 0.368 e. The molecule has 0 saturated heterocycles. The maximum absolute atomic E-state index is 12.7. The van der Waals surface area contributed by atoms with Crippen LogP contribution in [0, 0.1) is 0 Å². The van der Waals surface area contributed by atoms with Crippen LogP contribution >= 0.6 is 11.8 Å². The van der Waals surface area contributed by atoms with E-state index in [0.717, 1.165) is 11.5 Å². The first kappa shape index (κ1) is 14.6. The van der Waals surface area contributed by atoms with Crippen molar-refractivity contribution in [3.63, 3.8) is 0 Å². The lowest BCUT2D eigenvalue weighted by atomic mass is 10.5. The molecule has 0 spiro atoms. The van der Waals surface area contributed by atoms with Crippen molar-refractivity contribution in [2.45, 2.75) is 6.18 Å². The van der Waals surface area contributed by atoms with E-state index in [1.54, 1.807) is 23.9 Å². The van der Waals surface area contributed by atoms with E-state index >= 15 is 0 Å². The summed E-state index contributed by atoms with van der Waals surface area (Å²) in [6.45, 7) is 4.20. The summed E-state index contributed by atoms with van der Waals surface area (Å²) in [7, 11) is 0. The van der Waals surface area contributed by atoms with Gasteiger partial charge in [-0.3, -0.25) is 0 Å². The Morgan fingerprint density at radius 3 is 2.85 bits per heavy atom. The maximum Gasteiger partial charge on any atom is 0.453 e. The third-order valence-corrected chi connectivity index (χ3v) is 3.27. The van der Waals surface area contributed by atoms with E-state index < -0.39 is 12.0 Å². The number of alkyl halides is 3. The number of thioether (sulfide) groups is 1. The number of fused-ring (bicyclic) bond motifs is 1. The third kappa shape index (κ3) is 3.41. The average Bonchev–Trinajstić information content (AvgIpc) is 2.81. The SMILES string of the molecule is C=CCSCCNc1ccc2nnc(C(F)(F)F)n2n1. The molecule has 0 fully saturated rings. The minimum Gasteiger partial charge on any atom is -0.368 e. The van der Waals surface area contributed by atoms with Gasteiger partial charge in [-0.2, -0.15) is 29.4 Å². The summed E-state index contributed by atoms with van der Waals surface area (Å²) in [5.41, 5.74) is 0.0592. The molecular weight excluding hydrogens is 291 g/mol. The molecule has 0 amide bonds. The monoisotopic (exact) mass is 303 g/mol. The Morgan fingerprint density at radius 2 is 2.15 bits per heavy atom. The molecule has 0 aliphatic rings. The summed E-state index contributed by atoms with van der Waals surface area (Å²) in [5, 5.41) is 13.4. The lowest BCUT2D eigenvalue weighted by Gasteiger charge is -2.06. The van der Waals surface area contributed by atoms with Crippen LogP contribution in [0.1, 0.15) is 5.82 Å². The highest BCUT2D eigenvalue weighted by molar-refractivity contribution is 7.99. The number of hydrogen-bond donors (Lipinski definition) is 1. The topological polar surface area (TPSA) is 55.1 Å². The van der Waals surface area contributed by atoms with Gasteiger partial charge in [-0.25, -0.2) is 0 Å². The van der Waals surface area contributed by atoms with Gasteiger partial charge in [0.25, 0.3) is 5.82 Å². The van der Waals surface area contributed by atoms with Crippen LogP contribution in [-0.2, 0) is 6.18 Å². The molecule has 0 bridgehead atoms. The lowest BCUT2D eigenvalue weighted by Crippen LogP contribution is -2.14. The zero-order valence-electron chi connectivity index (χ0n) is 10.4. The zero-order chi connectivity index (χ0) is 14.6. The van der Waals surface area contributed by atoms with Gasteiger partial charge in [0.2, 0.25) is 0 Å². The molecule has 5 nitrogen and oxygen atoms in total. The van der Waals surface area contributed by atoms with E-state index in [9.17, 15) is 13.2 Å². The van der Waals surface area contributed by atoms with Crippen molar-refractivity contribution >= 4 is 23.2 Å². The Labute approximate surface area is 117 Å². The second-order valence-electron chi connectivity index (χ2n) is 3.80. The number of nitrogens with one attached hydrogen (secondary N) is 1. The quantitative estimate of drug-likeness (QED) is 0.656. The fourth-order valence-corrected chi connectivity index (χ4v) is 2.06. The van der Waals surface area contributed by atoms with Gasteiger partial charge in [0, 0.05) is 18.1 Å². The van der Waals surface area contributed by atoms with Crippen LogP contribution in [0.4, 0.5) is 19.0 Å². The Hall–Kier alpha value is -1.77. The fourth-order valence-electron chi connectivity index (χ4n) is 1.48. The summed E-state index contributed by atoms with van der Waals surface area (Å²) >= 11 is 1.67. The van der Waals surface area contributed by atoms with Gasteiger partial charge in [-0.15, -0.1) is 21.9 Å². The van der Waals surface area contributed by atoms with Crippen molar-refractivity contribution in [1.82, 2.24) is 19.8 Å². The van der Waals surface area contributed by atoms with E-state index in [4.69, 9.17) is 0 Å². The zero-order valence-corrected chi connectivity index (χ0v) is 11.2. The fraction of sp³-hybridized carbons (Fsp3) is 0.364. The van der Waals surface area contributed by atoms with Crippen molar-refractivity contribution in [3.05, 3.63) is 30.6 Å². The molecular formula is C11H12F3N5S. The molecule has 9 heteroatoms. The molecule has 0 atom stereocenters. The predicted molar refractivity (Wildman–Crippen MR) is 71.8 cm³/mol. The summed E-state index contributed by atoms with van der Waals surface area (Å²) in [6.07, 6.45) is -2.79. The second-order valence-corrected chi connectivity index (χ2v) is 4.95. The molecule has 0 aliphatic carbocycles. The molecule has 1 N–H and O–H groups in total. The van der Waals surface area contributed by atoms with Gasteiger partial charge >= 0.3 is 6.18 Å². The summed E-state index contributed by atoms with van der Waals surface area (Å²) in [5.74, 6) is 0.858. The van der Waals surface area contributed by atoms with E-state index in [2.05, 4.69) is 27.2 Å². The van der Waals surface area contributed by atoms with Crippen LogP contribution in [0.2, 0.25) is 0 Å². The number of nitrogens with zero attached hydrogens (tertiary/aromatic N) is 4. The van der Waals surface area contributed by atoms with E-state index in [1.165, 1.54) is 6.07 Å². The third-order valence-electron chi connectivity index (χ3n) is 2.30. The Kier molecular flexibility index (Phi) is 4.48. The Morgan fingerprint density at radius 1 is 1.35 bits per heavy atom. The highest BCUT2D eigenvalue weighted by Gasteiger charge is 2.37. The van der Waals surface area contributed by atoms with Gasteiger partial charge < -0.3 is 5.32 Å². The number of rotatable bonds is 6. The second kappa shape index (κ2) is 6.12. The predicted octanol–water partition coefficient (Wildman–Crippen LogP) is 2.47. The van der Waals surface area contributed by atoms with Crippen molar-refractivity contribution in [2.24, 2.45) is 0 Å². The lowest BCUT2D eigenvalue weighted by molar-refractivity contribution is -0.146. The average molecular weight is 303 g/mol. The van der Waals surface area contributed by atoms with Gasteiger partial charge in [0.05, 0.1) is 0 Å². The van der Waals surface area contributed by atoms with Crippen molar-refractivity contribution in [1.29, 1.82) is 0 Å². The first-order valence-corrected chi connectivity index (χ1v) is 6.90. The largest absolute Gasteiger partial charge is 0.453 e. The Bertz CT molecular complexity index is 595. The van der Waals surface area contributed by atoms with Gasteiger partial charge in [0.15, 0.2) is 5.65 Å². The molecule has 0 aliphatic heterocycles. The number of hydrogen-bond acceptors (Lipinski definition) is 5. The first-order valence-electron chi connectivity index (χ1n) is 5.74. The minimum atomic E-state index is -4.58. The van der Waals surface area contributed by atoms with Crippen LogP contribution in [0.5, 0.6) is 0 Å². The molecule has 2 aromatic heterocycles. The number of halogens is 3. The number of aromatic nitrogens is 4. The molecule has 0 radical (unpaired) electrons. The van der Waals surface area contributed by atoms with Crippen LogP contribution in [0.15, 0.2) is 24.8 Å². The summed E-state index contributed by atoms with van der Waals surface area (Å²) in [4.78, 5) is 0. The van der Waals surface area contributed by atoms with Crippen molar-refractivity contribution < 1.29 is 13.2 Å². The highest BCUT2D eigenvalue weighted by atomic mass is 32.2. The Balaban J connectivity index is 2.10. The summed E-state index contributed by atoms with van der Waals surface area (Å²) in [6, 6.07) is 3.01. The van der Waals surface area contributed by atoms with Gasteiger partial charge in [-0.05, 0) is 12.1 Å². The normalized spacial score (nSPS) is 11.8. The maximum atomic E-state index is 12.7. The van der Waals surface area contributed by atoms with E-state index in [1.807, 2.05) is 0 Å². The van der Waals surface area contributed by atoms with Crippen LogP contribution in [-0.4, -0.2) is 37.9 Å². The van der Waals surface area contributed by atoms with Crippen molar-refractivity contribution in [2.75, 3.05) is 23.4 Å². The molecule has 108 valence electrons. The highest BCUT2D eigenvalue weighted by Crippen LogP contribution is 2.27. The minimum absolute atomic E-state index is 0.0592. The van der Waals surface area contributed by atoms with Gasteiger partial charge in [-0.1, -0.05) is 6.08 Å². The van der Waals surface area contributed by atoms with E-state index in [-0.39, 0.29) is 5.65 Å².